The molecular weight excluding hydrogens is 198 g/mol. The van der Waals surface area contributed by atoms with Gasteiger partial charge in [-0.25, -0.2) is 0 Å². The Bertz CT molecular complexity index is 187. The predicted octanol–water partition coefficient (Wildman–Crippen LogP) is 3.05. The van der Waals surface area contributed by atoms with Crippen molar-refractivity contribution in [2.75, 3.05) is 19.6 Å². The van der Waals surface area contributed by atoms with Gasteiger partial charge in [0.05, 0.1) is 5.60 Å². The van der Waals surface area contributed by atoms with E-state index < -0.39 is 0 Å². The van der Waals surface area contributed by atoms with Gasteiger partial charge in [0.15, 0.2) is 0 Å². The van der Waals surface area contributed by atoms with E-state index in [0.717, 1.165) is 31.8 Å². The Morgan fingerprint density at radius 3 is 2.38 bits per heavy atom. The summed E-state index contributed by atoms with van der Waals surface area (Å²) in [4.78, 5) is 2.43. The fourth-order valence-corrected chi connectivity index (χ4v) is 2.82. The van der Waals surface area contributed by atoms with E-state index in [0.29, 0.717) is 0 Å². The quantitative estimate of drug-likeness (QED) is 0.689. The van der Waals surface area contributed by atoms with Gasteiger partial charge < -0.3 is 5.11 Å². The van der Waals surface area contributed by atoms with Gasteiger partial charge in [-0.3, -0.25) is 4.90 Å². The summed E-state index contributed by atoms with van der Waals surface area (Å²) in [7, 11) is 0. The van der Waals surface area contributed by atoms with Gasteiger partial charge in [0.1, 0.15) is 0 Å². The molecule has 96 valence electrons. The van der Waals surface area contributed by atoms with Crippen LogP contribution in [0.4, 0.5) is 0 Å². The maximum Gasteiger partial charge on any atom is 0.0900 e. The summed E-state index contributed by atoms with van der Waals surface area (Å²) < 4.78 is 0. The van der Waals surface area contributed by atoms with Crippen LogP contribution in [0.15, 0.2) is 0 Å². The third kappa shape index (κ3) is 4.06. The van der Waals surface area contributed by atoms with Gasteiger partial charge in [-0.05, 0) is 18.8 Å². The van der Waals surface area contributed by atoms with Crippen molar-refractivity contribution in [3.8, 4) is 0 Å². The van der Waals surface area contributed by atoms with Gasteiger partial charge in [0.25, 0.3) is 0 Å². The maximum absolute atomic E-state index is 10.1. The first-order valence-electron chi connectivity index (χ1n) is 7.08. The zero-order valence-electron chi connectivity index (χ0n) is 11.3. The van der Waals surface area contributed by atoms with Crippen LogP contribution in [0.5, 0.6) is 0 Å². The fourth-order valence-electron chi connectivity index (χ4n) is 2.82. The maximum atomic E-state index is 10.1. The third-order valence-corrected chi connectivity index (χ3v) is 3.81. The molecule has 0 bridgehead atoms. The van der Waals surface area contributed by atoms with Crippen LogP contribution in [-0.2, 0) is 0 Å². The van der Waals surface area contributed by atoms with Gasteiger partial charge in [0, 0.05) is 19.6 Å². The Labute approximate surface area is 101 Å². The highest BCUT2D eigenvalue weighted by molar-refractivity contribution is 4.95. The van der Waals surface area contributed by atoms with E-state index in [4.69, 9.17) is 0 Å². The first kappa shape index (κ1) is 14.0. The number of nitrogens with zero attached hydrogens (tertiary/aromatic N) is 1. The Morgan fingerprint density at radius 1 is 1.19 bits per heavy atom. The molecule has 1 aliphatic heterocycles. The molecule has 0 aromatic carbocycles. The van der Waals surface area contributed by atoms with Crippen molar-refractivity contribution in [1.29, 1.82) is 0 Å². The van der Waals surface area contributed by atoms with E-state index >= 15 is 0 Å². The first-order chi connectivity index (χ1) is 7.63. The normalized spacial score (nSPS) is 21.8. The monoisotopic (exact) mass is 227 g/mol. The molecule has 1 atom stereocenters. The smallest absolute Gasteiger partial charge is 0.0900 e. The number of rotatable bonds is 8. The van der Waals surface area contributed by atoms with Crippen LogP contribution in [0.3, 0.4) is 0 Å². The highest BCUT2D eigenvalue weighted by Gasteiger charge is 2.40. The van der Waals surface area contributed by atoms with Crippen molar-refractivity contribution in [3.05, 3.63) is 0 Å². The molecule has 1 rings (SSSR count). The summed E-state index contributed by atoms with van der Waals surface area (Å²) in [5.41, 5.74) is -0.349. The Kier molecular flexibility index (Phi) is 5.77. The van der Waals surface area contributed by atoms with Crippen LogP contribution >= 0.6 is 0 Å². The Hall–Kier alpha value is -0.0800. The SMILES string of the molecule is CCCCC(CC)CN1CC(O)(CCC)C1. The Balaban J connectivity index is 2.19. The minimum Gasteiger partial charge on any atom is -0.387 e. The second-order valence-electron chi connectivity index (χ2n) is 5.56. The van der Waals surface area contributed by atoms with Crippen LogP contribution in [0.25, 0.3) is 0 Å². The molecule has 0 aromatic rings. The third-order valence-electron chi connectivity index (χ3n) is 3.81. The van der Waals surface area contributed by atoms with Crippen molar-refractivity contribution >= 4 is 0 Å². The molecule has 2 nitrogen and oxygen atoms in total. The van der Waals surface area contributed by atoms with E-state index in [1.165, 1.54) is 32.2 Å². The molecule has 0 aromatic heterocycles. The zero-order chi connectivity index (χ0) is 12.0. The lowest BCUT2D eigenvalue weighted by atomic mass is 9.87. The molecule has 0 saturated carbocycles. The van der Waals surface area contributed by atoms with E-state index in [-0.39, 0.29) is 5.60 Å². The molecule has 1 aliphatic rings. The number of aliphatic hydroxyl groups is 1. The summed E-state index contributed by atoms with van der Waals surface area (Å²) in [5, 5.41) is 10.1. The molecule has 2 heteroatoms. The molecule has 1 fully saturated rings. The topological polar surface area (TPSA) is 23.5 Å². The van der Waals surface area contributed by atoms with E-state index in [9.17, 15) is 5.11 Å². The minimum atomic E-state index is -0.349. The van der Waals surface area contributed by atoms with E-state index in [1.54, 1.807) is 0 Å². The molecule has 0 aliphatic carbocycles. The average Bonchev–Trinajstić information content (AvgIpc) is 2.22. The molecule has 0 spiro atoms. The molecule has 16 heavy (non-hydrogen) atoms. The number of β-amino-alcohol motifs (C(OH)–C–C–N with tert-alkyl or cyclic N) is 1. The largest absolute Gasteiger partial charge is 0.387 e. The van der Waals surface area contributed by atoms with Crippen molar-refractivity contribution in [1.82, 2.24) is 4.90 Å². The molecule has 1 N–H and O–H groups in total. The lowest BCUT2D eigenvalue weighted by molar-refractivity contribution is -0.108. The highest BCUT2D eigenvalue weighted by Crippen LogP contribution is 2.27. The van der Waals surface area contributed by atoms with Gasteiger partial charge in [-0.2, -0.15) is 0 Å². The second kappa shape index (κ2) is 6.61. The molecule has 1 saturated heterocycles. The number of hydrogen-bond donors (Lipinski definition) is 1. The van der Waals surface area contributed by atoms with Crippen molar-refractivity contribution in [3.63, 3.8) is 0 Å². The second-order valence-corrected chi connectivity index (χ2v) is 5.56. The average molecular weight is 227 g/mol. The van der Waals surface area contributed by atoms with Crippen LogP contribution < -0.4 is 0 Å². The zero-order valence-corrected chi connectivity index (χ0v) is 11.3. The summed E-state index contributed by atoms with van der Waals surface area (Å²) >= 11 is 0. The Morgan fingerprint density at radius 2 is 1.88 bits per heavy atom. The minimum absolute atomic E-state index is 0.349. The predicted molar refractivity (Wildman–Crippen MR) is 69.6 cm³/mol. The standard InChI is InChI=1S/C14H29NO/c1-4-7-8-13(6-3)10-15-11-14(16,12-15)9-5-2/h13,16H,4-12H2,1-3H3. The lowest BCUT2D eigenvalue weighted by Gasteiger charge is -2.48. The van der Waals surface area contributed by atoms with Crippen molar-refractivity contribution < 1.29 is 5.11 Å². The molecule has 0 amide bonds. The van der Waals surface area contributed by atoms with Crippen LogP contribution in [-0.4, -0.2) is 35.2 Å². The van der Waals surface area contributed by atoms with Crippen molar-refractivity contribution in [2.24, 2.45) is 5.92 Å². The van der Waals surface area contributed by atoms with Crippen LogP contribution in [0.2, 0.25) is 0 Å². The molecule has 1 unspecified atom stereocenters. The van der Waals surface area contributed by atoms with E-state index in [2.05, 4.69) is 25.7 Å². The highest BCUT2D eigenvalue weighted by atomic mass is 16.3. The van der Waals surface area contributed by atoms with Crippen LogP contribution in [0.1, 0.15) is 59.3 Å². The van der Waals surface area contributed by atoms with Crippen molar-refractivity contribution in [2.45, 2.75) is 64.9 Å². The van der Waals surface area contributed by atoms with E-state index in [1.807, 2.05) is 0 Å². The molecule has 0 radical (unpaired) electrons. The summed E-state index contributed by atoms with van der Waals surface area (Å²) in [5.74, 6) is 0.839. The fraction of sp³-hybridized carbons (Fsp3) is 1.00. The molecule has 1 heterocycles. The number of likely N-dealkylation sites (tertiary alicyclic amines) is 1. The van der Waals surface area contributed by atoms with Gasteiger partial charge in [-0.15, -0.1) is 0 Å². The number of hydrogen-bond acceptors (Lipinski definition) is 2. The van der Waals surface area contributed by atoms with Crippen LogP contribution in [0, 0.1) is 5.92 Å². The summed E-state index contributed by atoms with van der Waals surface area (Å²) in [6.45, 7) is 9.71. The lowest BCUT2D eigenvalue weighted by Crippen LogP contribution is -2.62. The first-order valence-corrected chi connectivity index (χ1v) is 7.08. The van der Waals surface area contributed by atoms with Gasteiger partial charge in [0.2, 0.25) is 0 Å². The van der Waals surface area contributed by atoms with Gasteiger partial charge in [-0.1, -0.05) is 46.5 Å². The summed E-state index contributed by atoms with van der Waals surface area (Å²) in [6, 6.07) is 0. The molecular formula is C14H29NO. The number of unbranched alkanes of at least 4 members (excludes halogenated alkanes) is 1. The van der Waals surface area contributed by atoms with Gasteiger partial charge >= 0.3 is 0 Å². The summed E-state index contributed by atoms with van der Waals surface area (Å²) in [6.07, 6.45) is 7.35.